The molecular weight excluding hydrogens is 570 g/mol. The predicted octanol–water partition coefficient (Wildman–Crippen LogP) is 0.652. The molecule has 0 saturated carbocycles. The highest BCUT2D eigenvalue weighted by molar-refractivity contribution is 7.48. The van der Waals surface area contributed by atoms with Crippen LogP contribution in [0.4, 0.5) is 14.0 Å². The number of ether oxygens (including phenoxy) is 5. The molecule has 4 atom stereocenters. The smallest absolute Gasteiger partial charge is 0.432 e. The third-order valence-corrected chi connectivity index (χ3v) is 5.99. The molecule has 1 aromatic rings. The van der Waals surface area contributed by atoms with Crippen molar-refractivity contribution in [3.8, 4) is 12.3 Å². The summed E-state index contributed by atoms with van der Waals surface area (Å²) in [6, 6.07) is 0.827. The number of phosphoric ester groups is 1. The number of hydrogen-bond acceptors (Lipinski definition) is 15. The Kier molecular flexibility index (Phi) is 11.0. The van der Waals surface area contributed by atoms with E-state index in [0.29, 0.717) is 4.57 Å². The molecule has 0 aliphatic carbocycles. The van der Waals surface area contributed by atoms with Gasteiger partial charge in [-0.05, 0) is 27.7 Å². The average Bonchev–Trinajstić information content (AvgIpc) is 3.04. The first-order valence-corrected chi connectivity index (χ1v) is 12.8. The molecule has 0 radical (unpaired) electrons. The number of rotatable bonds is 12. The number of aliphatic hydroxyl groups excluding tert-OH is 1. The van der Waals surface area contributed by atoms with Crippen molar-refractivity contribution < 1.29 is 66.0 Å². The van der Waals surface area contributed by atoms with Crippen LogP contribution in [0.1, 0.15) is 33.9 Å². The lowest BCUT2D eigenvalue weighted by Crippen LogP contribution is -2.51. The number of halogens is 1. The molecule has 40 heavy (non-hydrogen) atoms. The number of nitrogens with one attached hydrogen (secondary N) is 1. The van der Waals surface area contributed by atoms with Gasteiger partial charge in [0.15, 0.2) is 12.3 Å². The quantitative estimate of drug-likeness (QED) is 0.130. The molecule has 1 aromatic heterocycles. The van der Waals surface area contributed by atoms with Crippen molar-refractivity contribution in [3.05, 3.63) is 33.1 Å². The maximum Gasteiger partial charge on any atom is 0.510 e. The van der Waals surface area contributed by atoms with Crippen molar-refractivity contribution in [2.45, 2.75) is 63.7 Å². The van der Waals surface area contributed by atoms with Gasteiger partial charge in [-0.1, -0.05) is 5.92 Å². The Morgan fingerprint density at radius 1 is 1.15 bits per heavy atom. The van der Waals surface area contributed by atoms with Crippen molar-refractivity contribution in [2.24, 2.45) is 0 Å². The Labute approximate surface area is 225 Å². The van der Waals surface area contributed by atoms with Gasteiger partial charge in [0, 0.05) is 12.3 Å². The fraction of sp³-hybridized carbons (Fsp3) is 0.619. The minimum Gasteiger partial charge on any atom is -0.432 e. The number of carbonyl (C=O) groups excluding carboxylic acids is 2. The van der Waals surface area contributed by atoms with Gasteiger partial charge in [0.1, 0.15) is 6.61 Å². The number of phosphoric acid groups is 1. The highest BCUT2D eigenvalue weighted by atomic mass is 31.2. The number of hydrogen-bond donors (Lipinski definition) is 3. The molecule has 1 aliphatic heterocycles. The van der Waals surface area contributed by atoms with Crippen LogP contribution in [-0.4, -0.2) is 82.0 Å². The highest BCUT2D eigenvalue weighted by Crippen LogP contribution is 2.52. The second-order valence-electron chi connectivity index (χ2n) is 8.48. The molecule has 19 heteroatoms. The molecule has 1 aliphatic rings. The van der Waals surface area contributed by atoms with E-state index in [2.05, 4.69) is 18.9 Å². The largest absolute Gasteiger partial charge is 0.510 e. The van der Waals surface area contributed by atoms with Gasteiger partial charge in [-0.15, -0.1) is 6.42 Å². The van der Waals surface area contributed by atoms with Crippen LogP contribution >= 0.6 is 7.82 Å². The van der Waals surface area contributed by atoms with Gasteiger partial charge in [-0.3, -0.25) is 18.9 Å². The van der Waals surface area contributed by atoms with Crippen LogP contribution in [0.3, 0.4) is 0 Å². The van der Waals surface area contributed by atoms with E-state index in [9.17, 15) is 34.0 Å². The molecule has 0 unspecified atom stereocenters. The van der Waals surface area contributed by atoms with Crippen LogP contribution in [0.25, 0.3) is 0 Å². The third kappa shape index (κ3) is 8.35. The average molecular weight is 598 g/mol. The number of aromatic nitrogens is 2. The Morgan fingerprint density at radius 2 is 1.68 bits per heavy atom. The normalized spacial score (nSPS) is 24.5. The predicted molar refractivity (Wildman–Crippen MR) is 126 cm³/mol. The van der Waals surface area contributed by atoms with Crippen LogP contribution in [0.5, 0.6) is 0 Å². The van der Waals surface area contributed by atoms with E-state index in [4.69, 9.17) is 24.7 Å². The summed E-state index contributed by atoms with van der Waals surface area (Å²) in [4.78, 5) is 48.4. The van der Waals surface area contributed by atoms with Crippen molar-refractivity contribution in [2.75, 3.05) is 20.2 Å². The number of H-pyrrole nitrogens is 1. The zero-order chi connectivity index (χ0) is 30.3. The Morgan fingerprint density at radius 3 is 2.12 bits per heavy atom. The van der Waals surface area contributed by atoms with Gasteiger partial charge >= 0.3 is 25.8 Å². The van der Waals surface area contributed by atoms with Gasteiger partial charge in [0.05, 0.1) is 12.2 Å². The fourth-order valence-electron chi connectivity index (χ4n) is 2.96. The van der Waals surface area contributed by atoms with E-state index in [1.165, 1.54) is 27.7 Å². The monoisotopic (exact) mass is 598 g/mol. The van der Waals surface area contributed by atoms with Crippen LogP contribution in [0.15, 0.2) is 21.9 Å². The van der Waals surface area contributed by atoms with Gasteiger partial charge < -0.3 is 33.9 Å². The number of aromatic amines is 1. The van der Waals surface area contributed by atoms with Gasteiger partial charge in [-0.2, -0.15) is 0 Å². The molecule has 0 amide bonds. The molecule has 0 spiro atoms. The number of alkyl halides is 1. The van der Waals surface area contributed by atoms with Crippen LogP contribution in [0.2, 0.25) is 0 Å². The zero-order valence-electron chi connectivity index (χ0n) is 21.6. The molecule has 224 valence electrons. The lowest BCUT2D eigenvalue weighted by Gasteiger charge is -2.27. The molecular formula is C21H28FN2O15P. The molecule has 0 aromatic carbocycles. The summed E-state index contributed by atoms with van der Waals surface area (Å²) in [7, 11) is -5.03. The number of carbonyl (C=O) groups is 2. The number of nitrogens with zero attached hydrogens (tertiary/aromatic N) is 1. The standard InChI is InChI=1S/C21H28FN2O15P/c1-6-20(30)15(26)21(22,39-16(20)24-8-7-14(25)23-17(24)27)9-34-40(31,35-10-32-18(28)37-12(2)3)36-11-33-19(29)38-13(4)5/h1,7-8,12-13,15-16,26,30H,9-11H2,2-5H3,(H,23,25,27)/t15-,16+,20+,21+/m0/s1. The Bertz CT molecular complexity index is 1230. The van der Waals surface area contributed by atoms with Crippen LogP contribution in [-0.2, 0) is 41.8 Å². The summed E-state index contributed by atoms with van der Waals surface area (Å²) >= 11 is 0. The number of terminal acetylenes is 1. The summed E-state index contributed by atoms with van der Waals surface area (Å²) < 4.78 is 67.1. The second-order valence-corrected chi connectivity index (χ2v) is 10.2. The fourth-order valence-corrected chi connectivity index (χ4v) is 3.88. The molecule has 2 rings (SSSR count). The highest BCUT2D eigenvalue weighted by Gasteiger charge is 2.65. The SMILES string of the molecule is C#C[C@]1(O)[C@H](n2ccc(=O)[nH]c2=O)O[C@](F)(COP(=O)(OCOC(=O)OC(C)C)OCOC(=O)OC(C)C)[C@H]1O. The second kappa shape index (κ2) is 13.4. The van der Waals surface area contributed by atoms with E-state index < -0.39 is 87.6 Å². The van der Waals surface area contributed by atoms with E-state index in [1.807, 2.05) is 4.98 Å². The zero-order valence-corrected chi connectivity index (χ0v) is 22.5. The maximum absolute atomic E-state index is 15.8. The van der Waals surface area contributed by atoms with Crippen molar-refractivity contribution >= 4 is 20.1 Å². The summed E-state index contributed by atoms with van der Waals surface area (Å²) in [6.45, 7) is 2.21. The first-order chi connectivity index (χ1) is 18.5. The van der Waals surface area contributed by atoms with Gasteiger partial charge in [0.25, 0.3) is 11.4 Å². The lowest BCUT2D eigenvalue weighted by atomic mass is 9.94. The Hall–Kier alpha value is -3.30. The summed E-state index contributed by atoms with van der Waals surface area (Å²) in [5.74, 6) is -1.77. The topological polar surface area (TPSA) is 220 Å². The van der Waals surface area contributed by atoms with E-state index in [-0.39, 0.29) is 0 Å². The molecule has 1 saturated heterocycles. The summed E-state index contributed by atoms with van der Waals surface area (Å²) in [5.41, 5.74) is -4.94. The first kappa shape index (κ1) is 32.9. The molecule has 17 nitrogen and oxygen atoms in total. The first-order valence-electron chi connectivity index (χ1n) is 11.3. The van der Waals surface area contributed by atoms with Crippen molar-refractivity contribution in [3.63, 3.8) is 0 Å². The summed E-state index contributed by atoms with van der Waals surface area (Å²) in [5, 5.41) is 21.3. The summed E-state index contributed by atoms with van der Waals surface area (Å²) in [6.07, 6.45) is -2.35. The van der Waals surface area contributed by atoms with E-state index in [1.54, 1.807) is 5.92 Å². The molecule has 1 fully saturated rings. The molecule has 0 bridgehead atoms. The van der Waals surface area contributed by atoms with E-state index in [0.717, 1.165) is 12.3 Å². The van der Waals surface area contributed by atoms with Gasteiger partial charge in [0.2, 0.25) is 19.2 Å². The van der Waals surface area contributed by atoms with Crippen LogP contribution < -0.4 is 11.2 Å². The maximum atomic E-state index is 15.8. The minimum absolute atomic E-state index is 0.487. The van der Waals surface area contributed by atoms with Crippen molar-refractivity contribution in [1.82, 2.24) is 9.55 Å². The minimum atomic E-state index is -5.03. The molecule has 2 heterocycles. The molecule has 3 N–H and O–H groups in total. The Balaban J connectivity index is 2.22. The third-order valence-electron chi connectivity index (χ3n) is 4.70. The lowest BCUT2D eigenvalue weighted by molar-refractivity contribution is -0.206. The van der Waals surface area contributed by atoms with Gasteiger partial charge in [-0.25, -0.2) is 32.4 Å². The van der Waals surface area contributed by atoms with E-state index >= 15 is 4.39 Å². The van der Waals surface area contributed by atoms with Crippen LogP contribution in [0, 0.1) is 12.3 Å². The number of aliphatic hydroxyl groups is 2. The van der Waals surface area contributed by atoms with Crippen molar-refractivity contribution in [1.29, 1.82) is 0 Å².